The molecule has 1 amide bonds. The minimum absolute atomic E-state index is 0.0799. The van der Waals surface area contributed by atoms with Crippen LogP contribution in [0.15, 0.2) is 30.5 Å². The molecule has 0 fully saturated rings. The molecule has 0 saturated heterocycles. The fraction of sp³-hybridized carbons (Fsp3) is 0.154. The summed E-state index contributed by atoms with van der Waals surface area (Å²) in [4.78, 5) is 19.9. The Morgan fingerprint density at radius 2 is 2.05 bits per heavy atom. The van der Waals surface area contributed by atoms with E-state index in [4.69, 9.17) is 11.6 Å². The number of rotatable bonds is 4. The van der Waals surface area contributed by atoms with Crippen LogP contribution in [0.5, 0.6) is 0 Å². The Hall–Kier alpha value is -2.21. The molecule has 0 unspecified atom stereocenters. The van der Waals surface area contributed by atoms with Gasteiger partial charge >= 0.3 is 0 Å². The monoisotopic (exact) mass is 294 g/mol. The van der Waals surface area contributed by atoms with Gasteiger partial charge in [-0.15, -0.1) is 0 Å². The third-order valence-corrected chi connectivity index (χ3v) is 2.69. The summed E-state index contributed by atoms with van der Waals surface area (Å²) in [6, 6.07) is 5.82. The number of aromatic nitrogens is 2. The van der Waals surface area contributed by atoms with E-state index in [1.807, 2.05) is 6.92 Å². The second kappa shape index (κ2) is 6.29. The number of halogens is 2. The summed E-state index contributed by atoms with van der Waals surface area (Å²) in [5.41, 5.74) is 0.0799. The van der Waals surface area contributed by atoms with E-state index in [1.54, 1.807) is 12.1 Å². The average molecular weight is 295 g/mol. The molecule has 0 aliphatic rings. The highest BCUT2D eigenvalue weighted by molar-refractivity contribution is 6.34. The maximum absolute atomic E-state index is 12.7. The number of hydrogen-bond donors (Lipinski definition) is 2. The third kappa shape index (κ3) is 3.42. The topological polar surface area (TPSA) is 66.9 Å². The number of hydrogen-bond acceptors (Lipinski definition) is 4. The SMILES string of the molecule is CCNc1ccc(Cl)c(C(=O)Nc2ccc(F)cn2)n1. The van der Waals surface area contributed by atoms with Crippen molar-refractivity contribution >= 4 is 29.1 Å². The number of nitrogens with zero attached hydrogens (tertiary/aromatic N) is 2. The molecule has 2 heterocycles. The van der Waals surface area contributed by atoms with Gasteiger partial charge in [0.25, 0.3) is 5.91 Å². The van der Waals surface area contributed by atoms with Crippen LogP contribution in [0, 0.1) is 5.82 Å². The molecule has 0 spiro atoms. The molecule has 2 aromatic heterocycles. The summed E-state index contributed by atoms with van der Waals surface area (Å²) in [6.07, 6.45) is 1.01. The van der Waals surface area contributed by atoms with E-state index < -0.39 is 11.7 Å². The van der Waals surface area contributed by atoms with Crippen LogP contribution in [0.3, 0.4) is 0 Å². The highest BCUT2D eigenvalue weighted by atomic mass is 35.5. The number of carbonyl (C=O) groups excluding carboxylic acids is 1. The molecule has 0 saturated carbocycles. The van der Waals surface area contributed by atoms with Crippen molar-refractivity contribution in [3.8, 4) is 0 Å². The van der Waals surface area contributed by atoms with Crippen LogP contribution in [0.1, 0.15) is 17.4 Å². The predicted octanol–water partition coefficient (Wildman–Crippen LogP) is 2.95. The first-order chi connectivity index (χ1) is 9.60. The Morgan fingerprint density at radius 1 is 1.30 bits per heavy atom. The standard InChI is InChI=1S/C13H12ClFN4O/c1-2-16-10-6-4-9(14)12(18-10)13(20)19-11-5-3-8(15)7-17-11/h3-7H,2H2,1H3,(H,16,18)(H,17,19,20). The Labute approximate surface area is 120 Å². The van der Waals surface area contributed by atoms with Gasteiger partial charge in [-0.3, -0.25) is 4.79 Å². The maximum Gasteiger partial charge on any atom is 0.277 e. The molecule has 7 heteroatoms. The van der Waals surface area contributed by atoms with Crippen molar-refractivity contribution < 1.29 is 9.18 Å². The van der Waals surface area contributed by atoms with Crippen LogP contribution in [-0.4, -0.2) is 22.4 Å². The van der Waals surface area contributed by atoms with Crippen LogP contribution in [0.25, 0.3) is 0 Å². The fourth-order valence-corrected chi connectivity index (χ4v) is 1.70. The van der Waals surface area contributed by atoms with Crippen molar-refractivity contribution in [1.29, 1.82) is 0 Å². The molecule has 0 atom stereocenters. The van der Waals surface area contributed by atoms with E-state index in [9.17, 15) is 9.18 Å². The molecule has 104 valence electrons. The molecule has 20 heavy (non-hydrogen) atoms. The Bertz CT molecular complexity index is 618. The number of nitrogens with one attached hydrogen (secondary N) is 2. The van der Waals surface area contributed by atoms with E-state index in [1.165, 1.54) is 12.1 Å². The van der Waals surface area contributed by atoms with Crippen molar-refractivity contribution in [3.05, 3.63) is 47.0 Å². The van der Waals surface area contributed by atoms with Crippen molar-refractivity contribution in [2.75, 3.05) is 17.2 Å². The van der Waals surface area contributed by atoms with Crippen LogP contribution in [0.2, 0.25) is 5.02 Å². The van der Waals surface area contributed by atoms with Crippen LogP contribution in [0.4, 0.5) is 16.0 Å². The molecule has 0 aliphatic carbocycles. The third-order valence-electron chi connectivity index (χ3n) is 2.39. The summed E-state index contributed by atoms with van der Waals surface area (Å²) in [6.45, 7) is 2.59. The zero-order chi connectivity index (χ0) is 14.5. The predicted molar refractivity (Wildman–Crippen MR) is 75.6 cm³/mol. The van der Waals surface area contributed by atoms with Gasteiger partial charge in [-0.1, -0.05) is 11.6 Å². The van der Waals surface area contributed by atoms with Crippen molar-refractivity contribution in [2.45, 2.75) is 6.92 Å². The number of pyridine rings is 2. The number of anilines is 2. The van der Waals surface area contributed by atoms with Gasteiger partial charge in [0.15, 0.2) is 0 Å². The van der Waals surface area contributed by atoms with Gasteiger partial charge in [-0.25, -0.2) is 14.4 Å². The minimum Gasteiger partial charge on any atom is -0.370 e. The van der Waals surface area contributed by atoms with Crippen LogP contribution >= 0.6 is 11.6 Å². The van der Waals surface area contributed by atoms with E-state index in [0.717, 1.165) is 6.20 Å². The highest BCUT2D eigenvalue weighted by Gasteiger charge is 2.14. The smallest absolute Gasteiger partial charge is 0.277 e. The normalized spacial score (nSPS) is 10.2. The number of carbonyl (C=O) groups is 1. The van der Waals surface area contributed by atoms with Gasteiger partial charge in [0.1, 0.15) is 23.1 Å². The van der Waals surface area contributed by atoms with Crippen LogP contribution in [-0.2, 0) is 0 Å². The molecule has 0 aliphatic heterocycles. The van der Waals surface area contributed by atoms with E-state index in [-0.39, 0.29) is 16.5 Å². The van der Waals surface area contributed by atoms with Crippen molar-refractivity contribution in [3.63, 3.8) is 0 Å². The van der Waals surface area contributed by atoms with E-state index >= 15 is 0 Å². The first-order valence-electron chi connectivity index (χ1n) is 5.93. The fourth-order valence-electron chi connectivity index (χ4n) is 1.51. The summed E-state index contributed by atoms with van der Waals surface area (Å²) >= 11 is 5.95. The molecule has 0 bridgehead atoms. The van der Waals surface area contributed by atoms with Gasteiger partial charge in [-0.2, -0.15) is 0 Å². The molecule has 5 nitrogen and oxygen atoms in total. The number of amides is 1. The molecular weight excluding hydrogens is 283 g/mol. The lowest BCUT2D eigenvalue weighted by Crippen LogP contribution is -2.16. The average Bonchev–Trinajstić information content (AvgIpc) is 2.43. The van der Waals surface area contributed by atoms with Gasteiger partial charge in [-0.05, 0) is 31.2 Å². The summed E-state index contributed by atoms with van der Waals surface area (Å²) in [7, 11) is 0. The second-order valence-electron chi connectivity index (χ2n) is 3.87. The molecule has 0 radical (unpaired) electrons. The maximum atomic E-state index is 12.7. The van der Waals surface area contributed by atoms with Gasteiger partial charge in [0.05, 0.1) is 11.2 Å². The molecule has 0 aromatic carbocycles. The van der Waals surface area contributed by atoms with E-state index in [0.29, 0.717) is 12.4 Å². The summed E-state index contributed by atoms with van der Waals surface area (Å²) < 4.78 is 12.7. The zero-order valence-electron chi connectivity index (χ0n) is 10.7. The Kier molecular flexibility index (Phi) is 4.47. The van der Waals surface area contributed by atoms with Gasteiger partial charge in [0, 0.05) is 6.54 Å². The van der Waals surface area contributed by atoms with Crippen molar-refractivity contribution in [1.82, 2.24) is 9.97 Å². The Balaban J connectivity index is 2.19. The van der Waals surface area contributed by atoms with Gasteiger partial charge < -0.3 is 10.6 Å². The molecule has 2 aromatic rings. The molecule has 2 N–H and O–H groups in total. The second-order valence-corrected chi connectivity index (χ2v) is 4.28. The lowest BCUT2D eigenvalue weighted by atomic mass is 10.3. The quantitative estimate of drug-likeness (QED) is 0.910. The Morgan fingerprint density at radius 3 is 2.70 bits per heavy atom. The van der Waals surface area contributed by atoms with Crippen LogP contribution < -0.4 is 10.6 Å². The molecule has 2 rings (SSSR count). The first-order valence-corrected chi connectivity index (χ1v) is 6.31. The summed E-state index contributed by atoms with van der Waals surface area (Å²) in [5.74, 6) is -0.209. The highest BCUT2D eigenvalue weighted by Crippen LogP contribution is 2.18. The van der Waals surface area contributed by atoms with Crippen molar-refractivity contribution in [2.24, 2.45) is 0 Å². The lowest BCUT2D eigenvalue weighted by molar-refractivity contribution is 0.102. The lowest BCUT2D eigenvalue weighted by Gasteiger charge is -2.08. The summed E-state index contributed by atoms with van der Waals surface area (Å²) in [5, 5.41) is 5.72. The first kappa shape index (κ1) is 14.2. The van der Waals surface area contributed by atoms with E-state index in [2.05, 4.69) is 20.6 Å². The zero-order valence-corrected chi connectivity index (χ0v) is 11.4. The van der Waals surface area contributed by atoms with Gasteiger partial charge in [0.2, 0.25) is 0 Å². The largest absolute Gasteiger partial charge is 0.370 e. The molecular formula is C13H12ClFN4O. The minimum atomic E-state index is -0.506.